The van der Waals surface area contributed by atoms with Crippen molar-refractivity contribution < 1.29 is 34.8 Å². The zero-order valence-corrected chi connectivity index (χ0v) is 22.5. The quantitative estimate of drug-likeness (QED) is 0.169. The average molecular weight is 567 g/mol. The van der Waals surface area contributed by atoms with Crippen molar-refractivity contribution in [2.75, 3.05) is 0 Å². The molecule has 0 aliphatic carbocycles. The van der Waals surface area contributed by atoms with E-state index in [0.29, 0.717) is 0 Å². The lowest BCUT2D eigenvalue weighted by atomic mass is 9.96. The standard InChI is InChI=1S/C22H22N4S.C6H8O7/c1-17-4-6-18(7-5-17)14-26(15-19-8-10-23-11-9-19)16-20-13-24-25-22(20)21-3-2-12-27-21;7-3(8)1-6(13,5(11)12)2-4(9)10/h2-13H,14-16H2,1H3,(H,24,25);13H,1-2H2,(H,7,8)(H,9,10)(H,11,12). The number of nitrogens with zero attached hydrogens (tertiary/aromatic N) is 3. The highest BCUT2D eigenvalue weighted by Gasteiger charge is 2.40. The maximum Gasteiger partial charge on any atom is 0.336 e. The number of pyridine rings is 1. The van der Waals surface area contributed by atoms with E-state index in [1.807, 2.05) is 18.6 Å². The first-order chi connectivity index (χ1) is 19.1. The van der Waals surface area contributed by atoms with Crippen LogP contribution in [0.15, 0.2) is 72.5 Å². The van der Waals surface area contributed by atoms with Crippen molar-refractivity contribution in [1.29, 1.82) is 0 Å². The van der Waals surface area contributed by atoms with Gasteiger partial charge in [0.25, 0.3) is 0 Å². The van der Waals surface area contributed by atoms with Crippen LogP contribution in [0, 0.1) is 6.92 Å². The van der Waals surface area contributed by atoms with Gasteiger partial charge in [0.1, 0.15) is 0 Å². The Balaban J connectivity index is 0.000000289. The van der Waals surface area contributed by atoms with Crippen LogP contribution >= 0.6 is 11.3 Å². The van der Waals surface area contributed by atoms with Crippen LogP contribution in [0.25, 0.3) is 10.6 Å². The molecule has 0 aliphatic rings. The van der Waals surface area contributed by atoms with E-state index >= 15 is 0 Å². The lowest BCUT2D eigenvalue weighted by molar-refractivity contribution is -0.170. The molecule has 0 saturated carbocycles. The SMILES string of the molecule is Cc1ccc(CN(Cc2ccncc2)Cc2cn[nH]c2-c2cccs2)cc1.O=C(O)CC(O)(CC(=O)O)C(=O)O. The maximum absolute atomic E-state index is 10.3. The monoisotopic (exact) mass is 566 g/mol. The average Bonchev–Trinajstić information content (AvgIpc) is 3.57. The van der Waals surface area contributed by atoms with E-state index in [1.54, 1.807) is 11.3 Å². The Morgan fingerprint density at radius 3 is 2.02 bits per heavy atom. The van der Waals surface area contributed by atoms with Gasteiger partial charge >= 0.3 is 17.9 Å². The number of aliphatic carboxylic acids is 3. The van der Waals surface area contributed by atoms with Crippen molar-refractivity contribution in [3.05, 3.63) is 94.8 Å². The predicted molar refractivity (Wildman–Crippen MR) is 147 cm³/mol. The number of benzene rings is 1. The number of hydrogen-bond donors (Lipinski definition) is 5. The first-order valence-corrected chi connectivity index (χ1v) is 13.1. The van der Waals surface area contributed by atoms with Gasteiger partial charge in [-0.15, -0.1) is 11.3 Å². The van der Waals surface area contributed by atoms with Crippen LogP contribution in [0.3, 0.4) is 0 Å². The van der Waals surface area contributed by atoms with Crippen molar-refractivity contribution in [3.63, 3.8) is 0 Å². The summed E-state index contributed by atoms with van der Waals surface area (Å²) in [6.07, 6.45) is 3.37. The van der Waals surface area contributed by atoms with E-state index in [4.69, 9.17) is 20.4 Å². The number of carboxylic acids is 3. The third-order valence-corrected chi connectivity index (χ3v) is 6.73. The molecule has 4 aromatic rings. The van der Waals surface area contributed by atoms with Crippen molar-refractivity contribution in [2.24, 2.45) is 0 Å². The molecule has 0 spiro atoms. The predicted octanol–water partition coefficient (Wildman–Crippen LogP) is 3.80. The Morgan fingerprint density at radius 2 is 1.50 bits per heavy atom. The first-order valence-electron chi connectivity index (χ1n) is 12.2. The zero-order valence-electron chi connectivity index (χ0n) is 21.7. The minimum atomic E-state index is -2.74. The van der Waals surface area contributed by atoms with E-state index in [0.717, 1.165) is 25.3 Å². The summed E-state index contributed by atoms with van der Waals surface area (Å²) >= 11 is 1.73. The van der Waals surface area contributed by atoms with E-state index in [9.17, 15) is 14.4 Å². The summed E-state index contributed by atoms with van der Waals surface area (Å²) in [6.45, 7) is 4.71. The summed E-state index contributed by atoms with van der Waals surface area (Å²) in [4.78, 5) is 38.3. The van der Waals surface area contributed by atoms with E-state index in [-0.39, 0.29) is 0 Å². The molecule has 0 bridgehead atoms. The third-order valence-electron chi connectivity index (χ3n) is 5.85. The molecule has 3 heterocycles. The van der Waals surface area contributed by atoms with Gasteiger partial charge in [-0.2, -0.15) is 5.10 Å². The summed E-state index contributed by atoms with van der Waals surface area (Å²) in [5.74, 6) is -5.02. The third kappa shape index (κ3) is 9.12. The number of aromatic nitrogens is 3. The summed E-state index contributed by atoms with van der Waals surface area (Å²) in [7, 11) is 0. The van der Waals surface area contributed by atoms with Gasteiger partial charge in [-0.05, 0) is 41.6 Å². The van der Waals surface area contributed by atoms with Crippen LogP contribution < -0.4 is 0 Å². The largest absolute Gasteiger partial charge is 0.481 e. The van der Waals surface area contributed by atoms with Gasteiger partial charge in [0.2, 0.25) is 0 Å². The Hall–Kier alpha value is -4.39. The molecule has 3 aromatic heterocycles. The van der Waals surface area contributed by atoms with Gasteiger partial charge in [-0.3, -0.25) is 24.6 Å². The summed E-state index contributed by atoms with van der Waals surface area (Å²) in [5.41, 5.74) is 3.47. The molecule has 5 N–H and O–H groups in total. The molecular formula is C28H30N4O7S. The van der Waals surface area contributed by atoms with E-state index in [2.05, 4.69) is 80.9 Å². The van der Waals surface area contributed by atoms with Crippen LogP contribution in [-0.2, 0) is 34.0 Å². The van der Waals surface area contributed by atoms with Crippen LogP contribution in [0.4, 0.5) is 0 Å². The molecule has 40 heavy (non-hydrogen) atoms. The Labute approximate surface area is 234 Å². The molecule has 0 saturated heterocycles. The fraction of sp³-hybridized carbons (Fsp3) is 0.250. The lowest BCUT2D eigenvalue weighted by Gasteiger charge is -2.22. The van der Waals surface area contributed by atoms with Crippen LogP contribution in [0.1, 0.15) is 35.1 Å². The van der Waals surface area contributed by atoms with Crippen molar-refractivity contribution in [2.45, 2.75) is 45.0 Å². The molecule has 12 heteroatoms. The van der Waals surface area contributed by atoms with Gasteiger partial charge < -0.3 is 20.4 Å². The number of aliphatic hydroxyl groups is 1. The van der Waals surface area contributed by atoms with Gasteiger partial charge in [-0.25, -0.2) is 4.79 Å². The van der Waals surface area contributed by atoms with Gasteiger partial charge in [0.15, 0.2) is 5.60 Å². The van der Waals surface area contributed by atoms with Crippen molar-refractivity contribution >= 4 is 29.2 Å². The molecule has 4 rings (SSSR count). The minimum absolute atomic E-state index is 0.833. The number of carbonyl (C=O) groups is 3. The van der Waals surface area contributed by atoms with Crippen LogP contribution in [0.5, 0.6) is 0 Å². The highest BCUT2D eigenvalue weighted by molar-refractivity contribution is 7.13. The second kappa shape index (κ2) is 14.1. The zero-order chi connectivity index (χ0) is 29.1. The number of thiophene rings is 1. The maximum atomic E-state index is 10.3. The van der Waals surface area contributed by atoms with E-state index in [1.165, 1.54) is 27.1 Å². The number of hydrogen-bond acceptors (Lipinski definition) is 8. The molecule has 210 valence electrons. The molecule has 1 aromatic carbocycles. The Morgan fingerprint density at radius 1 is 0.900 bits per heavy atom. The molecular weight excluding hydrogens is 536 g/mol. The lowest BCUT2D eigenvalue weighted by Crippen LogP contribution is -2.42. The second-order valence-electron chi connectivity index (χ2n) is 9.21. The van der Waals surface area contributed by atoms with Crippen LogP contribution in [-0.4, -0.2) is 64.0 Å². The topological polar surface area (TPSA) is 177 Å². The van der Waals surface area contributed by atoms with Crippen molar-refractivity contribution in [3.8, 4) is 10.6 Å². The molecule has 0 atom stereocenters. The number of carboxylic acid groups (broad SMARTS) is 3. The summed E-state index contributed by atoms with van der Waals surface area (Å²) < 4.78 is 0. The highest BCUT2D eigenvalue weighted by Crippen LogP contribution is 2.27. The Bertz CT molecular complexity index is 1370. The fourth-order valence-corrected chi connectivity index (χ4v) is 4.64. The summed E-state index contributed by atoms with van der Waals surface area (Å²) in [5, 5.41) is 43.4. The fourth-order valence-electron chi connectivity index (χ4n) is 3.89. The molecule has 0 radical (unpaired) electrons. The number of aromatic amines is 1. The smallest absolute Gasteiger partial charge is 0.336 e. The van der Waals surface area contributed by atoms with Gasteiger partial charge in [-0.1, -0.05) is 35.9 Å². The second-order valence-corrected chi connectivity index (χ2v) is 10.2. The first kappa shape index (κ1) is 30.2. The van der Waals surface area contributed by atoms with Gasteiger partial charge in [0, 0.05) is 37.6 Å². The van der Waals surface area contributed by atoms with E-state index < -0.39 is 36.4 Å². The molecule has 0 fully saturated rings. The molecule has 0 amide bonds. The van der Waals surface area contributed by atoms with Crippen molar-refractivity contribution in [1.82, 2.24) is 20.1 Å². The van der Waals surface area contributed by atoms with Gasteiger partial charge in [0.05, 0.1) is 29.6 Å². The number of H-pyrrole nitrogens is 1. The highest BCUT2D eigenvalue weighted by atomic mass is 32.1. The normalized spacial score (nSPS) is 11.1. The molecule has 0 aliphatic heterocycles. The number of aryl methyl sites for hydroxylation is 1. The number of rotatable bonds is 12. The molecule has 0 unspecified atom stereocenters. The Kier molecular flexibility index (Phi) is 10.6. The van der Waals surface area contributed by atoms with Crippen LogP contribution in [0.2, 0.25) is 0 Å². The minimum Gasteiger partial charge on any atom is -0.481 e. The molecule has 11 nitrogen and oxygen atoms in total. The summed E-state index contributed by atoms with van der Waals surface area (Å²) in [6, 6.07) is 17.1. The number of nitrogens with one attached hydrogen (secondary N) is 1.